The van der Waals surface area contributed by atoms with Crippen LogP contribution in [-0.4, -0.2) is 4.98 Å². The number of anilines is 1. The minimum absolute atomic E-state index is 0.252. The van der Waals surface area contributed by atoms with Crippen LogP contribution in [0.1, 0.15) is 11.1 Å². The van der Waals surface area contributed by atoms with E-state index in [1.165, 1.54) is 17.0 Å². The minimum Gasteiger partial charge on any atom is -0.381 e. The standard InChI is InChI=1S/C16H14BrFN2/c1-10-7-13(17)14(18)8-16(10)20-9-11-3-2-4-15-12(11)5-6-19-15/h2-8,19-20H,9H2,1H3. The van der Waals surface area contributed by atoms with Gasteiger partial charge in [-0.25, -0.2) is 4.39 Å². The number of nitrogens with one attached hydrogen (secondary N) is 2. The number of hydrogen-bond donors (Lipinski definition) is 2. The molecule has 0 atom stereocenters. The zero-order chi connectivity index (χ0) is 14.1. The fraction of sp³-hybridized carbons (Fsp3) is 0.125. The van der Waals surface area contributed by atoms with Crippen LogP contribution in [-0.2, 0) is 6.54 Å². The van der Waals surface area contributed by atoms with Gasteiger partial charge in [0.25, 0.3) is 0 Å². The van der Waals surface area contributed by atoms with Gasteiger partial charge < -0.3 is 10.3 Å². The molecule has 1 aromatic heterocycles. The minimum atomic E-state index is -0.252. The number of benzene rings is 2. The van der Waals surface area contributed by atoms with E-state index in [0.717, 1.165) is 16.8 Å². The number of aromatic nitrogens is 1. The van der Waals surface area contributed by atoms with Crippen molar-refractivity contribution in [2.75, 3.05) is 5.32 Å². The summed E-state index contributed by atoms with van der Waals surface area (Å²) in [5.41, 5.74) is 4.13. The van der Waals surface area contributed by atoms with Gasteiger partial charge in [-0.05, 0) is 58.2 Å². The molecular weight excluding hydrogens is 319 g/mol. The molecule has 102 valence electrons. The first-order valence-electron chi connectivity index (χ1n) is 6.39. The number of fused-ring (bicyclic) bond motifs is 1. The summed E-state index contributed by atoms with van der Waals surface area (Å²) in [7, 11) is 0. The third-order valence-electron chi connectivity index (χ3n) is 3.42. The Bertz CT molecular complexity index is 764. The summed E-state index contributed by atoms with van der Waals surface area (Å²) in [6, 6.07) is 11.5. The van der Waals surface area contributed by atoms with Gasteiger partial charge in [-0.3, -0.25) is 0 Å². The third-order valence-corrected chi connectivity index (χ3v) is 4.03. The monoisotopic (exact) mass is 332 g/mol. The van der Waals surface area contributed by atoms with Crippen LogP contribution in [0, 0.1) is 12.7 Å². The van der Waals surface area contributed by atoms with Crippen LogP contribution >= 0.6 is 15.9 Å². The first kappa shape index (κ1) is 13.2. The summed E-state index contributed by atoms with van der Waals surface area (Å²) < 4.78 is 14.1. The van der Waals surface area contributed by atoms with Gasteiger partial charge in [0.15, 0.2) is 0 Å². The van der Waals surface area contributed by atoms with Crippen molar-refractivity contribution in [2.24, 2.45) is 0 Å². The topological polar surface area (TPSA) is 27.8 Å². The Hall–Kier alpha value is -1.81. The van der Waals surface area contributed by atoms with Gasteiger partial charge in [0.05, 0.1) is 4.47 Å². The van der Waals surface area contributed by atoms with E-state index in [0.29, 0.717) is 11.0 Å². The van der Waals surface area contributed by atoms with Crippen LogP contribution in [0.15, 0.2) is 47.1 Å². The first-order valence-corrected chi connectivity index (χ1v) is 7.19. The molecule has 2 N–H and O–H groups in total. The smallest absolute Gasteiger partial charge is 0.139 e. The van der Waals surface area contributed by atoms with Crippen LogP contribution in [0.25, 0.3) is 10.9 Å². The summed E-state index contributed by atoms with van der Waals surface area (Å²) in [6.07, 6.45) is 1.93. The maximum absolute atomic E-state index is 13.6. The molecule has 0 saturated heterocycles. The summed E-state index contributed by atoms with van der Waals surface area (Å²) in [5, 5.41) is 4.49. The van der Waals surface area contributed by atoms with Gasteiger partial charge >= 0.3 is 0 Å². The van der Waals surface area contributed by atoms with Crippen molar-refractivity contribution in [3.63, 3.8) is 0 Å². The van der Waals surface area contributed by atoms with Gasteiger partial charge in [-0.1, -0.05) is 12.1 Å². The third kappa shape index (κ3) is 2.43. The van der Waals surface area contributed by atoms with Crippen molar-refractivity contribution in [3.8, 4) is 0 Å². The van der Waals surface area contributed by atoms with E-state index in [9.17, 15) is 4.39 Å². The fourth-order valence-electron chi connectivity index (χ4n) is 2.33. The van der Waals surface area contributed by atoms with Gasteiger partial charge in [-0.15, -0.1) is 0 Å². The predicted octanol–water partition coefficient (Wildman–Crippen LogP) is 4.99. The quantitative estimate of drug-likeness (QED) is 0.694. The molecular formula is C16H14BrFN2. The SMILES string of the molecule is Cc1cc(Br)c(F)cc1NCc1cccc2[nH]ccc12. The van der Waals surface area contributed by atoms with Crippen LogP contribution in [0.4, 0.5) is 10.1 Å². The van der Waals surface area contributed by atoms with E-state index in [1.807, 2.05) is 25.3 Å². The zero-order valence-corrected chi connectivity index (χ0v) is 12.6. The molecule has 0 spiro atoms. The molecule has 1 heterocycles. The number of rotatable bonds is 3. The van der Waals surface area contributed by atoms with Gasteiger partial charge in [-0.2, -0.15) is 0 Å². The van der Waals surface area contributed by atoms with Crippen LogP contribution in [0.2, 0.25) is 0 Å². The summed E-state index contributed by atoms with van der Waals surface area (Å²) >= 11 is 3.20. The molecule has 0 aliphatic carbocycles. The Morgan fingerprint density at radius 3 is 2.95 bits per heavy atom. The van der Waals surface area contributed by atoms with Crippen LogP contribution in [0.5, 0.6) is 0 Å². The summed E-state index contributed by atoms with van der Waals surface area (Å²) in [6.45, 7) is 2.63. The zero-order valence-electron chi connectivity index (χ0n) is 11.0. The lowest BCUT2D eigenvalue weighted by atomic mass is 10.1. The lowest BCUT2D eigenvalue weighted by Gasteiger charge is -2.11. The molecule has 0 aliphatic rings. The Balaban J connectivity index is 1.86. The molecule has 3 aromatic rings. The van der Waals surface area contributed by atoms with Gasteiger partial charge in [0, 0.05) is 29.3 Å². The lowest BCUT2D eigenvalue weighted by molar-refractivity contribution is 0.621. The van der Waals surface area contributed by atoms with Crippen molar-refractivity contribution in [2.45, 2.75) is 13.5 Å². The first-order chi connectivity index (χ1) is 9.65. The molecule has 4 heteroatoms. The second kappa shape index (κ2) is 5.29. The molecule has 0 unspecified atom stereocenters. The molecule has 0 amide bonds. The molecule has 0 radical (unpaired) electrons. The number of aryl methyl sites for hydroxylation is 1. The van der Waals surface area contributed by atoms with E-state index in [2.05, 4.69) is 38.4 Å². The second-order valence-electron chi connectivity index (χ2n) is 4.79. The lowest BCUT2D eigenvalue weighted by Crippen LogP contribution is -2.02. The Morgan fingerprint density at radius 1 is 1.25 bits per heavy atom. The van der Waals surface area contributed by atoms with Crippen molar-refractivity contribution in [3.05, 3.63) is 64.0 Å². The number of halogens is 2. The van der Waals surface area contributed by atoms with Crippen molar-refractivity contribution in [1.29, 1.82) is 0 Å². The molecule has 2 aromatic carbocycles. The van der Waals surface area contributed by atoms with Crippen molar-refractivity contribution >= 4 is 32.5 Å². The molecule has 3 rings (SSSR count). The summed E-state index contributed by atoms with van der Waals surface area (Å²) in [4.78, 5) is 3.19. The highest BCUT2D eigenvalue weighted by atomic mass is 79.9. The Kier molecular flexibility index (Phi) is 3.49. The summed E-state index contributed by atoms with van der Waals surface area (Å²) in [5.74, 6) is -0.252. The molecule has 0 fully saturated rings. The van der Waals surface area contributed by atoms with E-state index < -0.39 is 0 Å². The largest absolute Gasteiger partial charge is 0.381 e. The fourth-order valence-corrected chi connectivity index (χ4v) is 2.79. The van der Waals surface area contributed by atoms with Crippen molar-refractivity contribution in [1.82, 2.24) is 4.98 Å². The van der Waals surface area contributed by atoms with E-state index in [-0.39, 0.29) is 5.82 Å². The average molecular weight is 333 g/mol. The average Bonchev–Trinajstić information content (AvgIpc) is 2.90. The number of hydrogen-bond acceptors (Lipinski definition) is 1. The highest BCUT2D eigenvalue weighted by molar-refractivity contribution is 9.10. The number of H-pyrrole nitrogens is 1. The van der Waals surface area contributed by atoms with Crippen LogP contribution < -0.4 is 5.32 Å². The Labute approximate surface area is 125 Å². The van der Waals surface area contributed by atoms with Gasteiger partial charge in [0.1, 0.15) is 5.82 Å². The maximum atomic E-state index is 13.6. The Morgan fingerprint density at radius 2 is 2.10 bits per heavy atom. The number of aromatic amines is 1. The molecule has 0 saturated carbocycles. The predicted molar refractivity (Wildman–Crippen MR) is 84.5 cm³/mol. The highest BCUT2D eigenvalue weighted by Crippen LogP contribution is 2.25. The molecule has 0 bridgehead atoms. The van der Waals surface area contributed by atoms with Gasteiger partial charge in [0.2, 0.25) is 0 Å². The molecule has 0 aliphatic heterocycles. The van der Waals surface area contributed by atoms with E-state index in [4.69, 9.17) is 0 Å². The van der Waals surface area contributed by atoms with Crippen molar-refractivity contribution < 1.29 is 4.39 Å². The van der Waals surface area contributed by atoms with Crippen LogP contribution in [0.3, 0.4) is 0 Å². The highest BCUT2D eigenvalue weighted by Gasteiger charge is 2.06. The molecule has 20 heavy (non-hydrogen) atoms. The maximum Gasteiger partial charge on any atom is 0.139 e. The second-order valence-corrected chi connectivity index (χ2v) is 5.65. The van der Waals surface area contributed by atoms with E-state index in [1.54, 1.807) is 6.07 Å². The normalized spacial score (nSPS) is 10.9. The van der Waals surface area contributed by atoms with E-state index >= 15 is 0 Å². The molecule has 2 nitrogen and oxygen atoms in total.